The molecule has 4 rings (SSSR count). The number of rotatable bonds is 8. The molecule has 1 aromatic rings. The van der Waals surface area contributed by atoms with E-state index in [4.69, 9.17) is 0 Å². The van der Waals surface area contributed by atoms with Crippen molar-refractivity contribution < 1.29 is 5.11 Å². The summed E-state index contributed by atoms with van der Waals surface area (Å²) >= 11 is 0. The maximum atomic E-state index is 9.64. The van der Waals surface area contributed by atoms with Crippen molar-refractivity contribution in [3.05, 3.63) is 100 Å². The van der Waals surface area contributed by atoms with Crippen LogP contribution in [-0.2, 0) is 0 Å². The van der Waals surface area contributed by atoms with Gasteiger partial charge < -0.3 is 10.0 Å². The second kappa shape index (κ2) is 12.2. The fraction of sp³-hybridized carbons (Fsp3) is 0.419. The summed E-state index contributed by atoms with van der Waals surface area (Å²) < 4.78 is 0. The van der Waals surface area contributed by atoms with E-state index >= 15 is 0 Å². The van der Waals surface area contributed by atoms with Gasteiger partial charge in [0.25, 0.3) is 0 Å². The Kier molecular flexibility index (Phi) is 8.77. The van der Waals surface area contributed by atoms with E-state index in [1.165, 1.54) is 40.9 Å². The minimum absolute atomic E-state index is 0.182. The molecule has 3 nitrogen and oxygen atoms in total. The summed E-state index contributed by atoms with van der Waals surface area (Å²) in [6.45, 7) is 10.4. The molecule has 34 heavy (non-hydrogen) atoms. The lowest BCUT2D eigenvalue weighted by Crippen LogP contribution is -2.49. The molecular formula is C31H38N2O. The summed E-state index contributed by atoms with van der Waals surface area (Å²) in [6.07, 6.45) is 16.9. The highest BCUT2D eigenvalue weighted by molar-refractivity contribution is 5.87. The third-order valence-electron chi connectivity index (χ3n) is 7.18. The number of hydrogen-bond acceptors (Lipinski definition) is 3. The normalized spacial score (nSPS) is 21.8. The van der Waals surface area contributed by atoms with Crippen LogP contribution in [0.1, 0.15) is 43.7 Å². The summed E-state index contributed by atoms with van der Waals surface area (Å²) in [5.74, 6) is 0. The van der Waals surface area contributed by atoms with Crippen LogP contribution in [0.2, 0.25) is 0 Å². The van der Waals surface area contributed by atoms with Crippen molar-refractivity contribution in [1.29, 1.82) is 0 Å². The van der Waals surface area contributed by atoms with Crippen LogP contribution in [0.15, 0.2) is 88.9 Å². The van der Waals surface area contributed by atoms with Gasteiger partial charge in [0.2, 0.25) is 0 Å². The molecule has 1 fully saturated rings. The highest BCUT2D eigenvalue weighted by Crippen LogP contribution is 2.36. The van der Waals surface area contributed by atoms with Gasteiger partial charge in [0, 0.05) is 44.4 Å². The number of allylic oxidation sites excluding steroid dienone is 8. The molecule has 3 heteroatoms. The van der Waals surface area contributed by atoms with Crippen LogP contribution in [0.3, 0.4) is 0 Å². The number of likely N-dealkylation sites (N-methyl/N-ethyl adjacent to an activating group) is 1. The molecule has 1 aliphatic heterocycles. The molecule has 0 bridgehead atoms. The zero-order valence-corrected chi connectivity index (χ0v) is 20.8. The molecule has 0 aromatic heterocycles. The lowest BCUT2D eigenvalue weighted by molar-refractivity contribution is 0.101. The molecule has 178 valence electrons. The van der Waals surface area contributed by atoms with Crippen molar-refractivity contribution in [2.45, 2.75) is 45.6 Å². The molecule has 1 aromatic carbocycles. The molecule has 0 radical (unpaired) electrons. The van der Waals surface area contributed by atoms with Gasteiger partial charge in [-0.25, -0.2) is 0 Å². The van der Waals surface area contributed by atoms with Gasteiger partial charge in [-0.2, -0.15) is 0 Å². The van der Waals surface area contributed by atoms with Crippen LogP contribution >= 0.6 is 0 Å². The van der Waals surface area contributed by atoms with Crippen molar-refractivity contribution in [3.8, 4) is 0 Å². The van der Waals surface area contributed by atoms with E-state index in [1.807, 2.05) is 12.2 Å². The molecule has 1 saturated heterocycles. The smallest absolute Gasteiger partial charge is 0.0434 e. The van der Waals surface area contributed by atoms with Crippen LogP contribution in [-0.4, -0.2) is 60.3 Å². The van der Waals surface area contributed by atoms with Crippen molar-refractivity contribution in [1.82, 2.24) is 9.80 Å². The Labute approximate surface area is 205 Å². The molecule has 0 amide bonds. The first-order chi connectivity index (χ1) is 16.7. The molecule has 2 aliphatic carbocycles. The van der Waals surface area contributed by atoms with Gasteiger partial charge >= 0.3 is 0 Å². The van der Waals surface area contributed by atoms with E-state index in [1.54, 1.807) is 0 Å². The SMILES string of the molecule is CCN1CCN(C2CC=CC(/C(=C(/CCCO)C3=C=C=CC=C3)c3ccc(C)cc3)=CC2)CC1. The van der Waals surface area contributed by atoms with E-state index in [2.05, 4.69) is 83.7 Å². The van der Waals surface area contributed by atoms with Gasteiger partial charge in [0.05, 0.1) is 0 Å². The van der Waals surface area contributed by atoms with E-state index in [-0.39, 0.29) is 6.61 Å². The van der Waals surface area contributed by atoms with Gasteiger partial charge in [0.15, 0.2) is 0 Å². The number of aliphatic hydroxyl groups excluding tert-OH is 1. The number of hydrogen-bond donors (Lipinski definition) is 1. The van der Waals surface area contributed by atoms with E-state index in [0.29, 0.717) is 6.04 Å². The predicted octanol–water partition coefficient (Wildman–Crippen LogP) is 5.61. The second-order valence-electron chi connectivity index (χ2n) is 9.41. The van der Waals surface area contributed by atoms with Gasteiger partial charge in [-0.1, -0.05) is 72.5 Å². The molecule has 1 heterocycles. The van der Waals surface area contributed by atoms with Crippen molar-refractivity contribution in [2.75, 3.05) is 39.3 Å². The third kappa shape index (κ3) is 6.07. The summed E-state index contributed by atoms with van der Waals surface area (Å²) in [5, 5.41) is 9.64. The minimum Gasteiger partial charge on any atom is -0.396 e. The Balaban J connectivity index is 1.71. The van der Waals surface area contributed by atoms with Crippen LogP contribution in [0.25, 0.3) is 5.57 Å². The number of nitrogens with zero attached hydrogens (tertiary/aromatic N) is 2. The maximum absolute atomic E-state index is 9.64. The Bertz CT molecular complexity index is 1060. The number of piperazine rings is 1. The third-order valence-corrected chi connectivity index (χ3v) is 7.18. The van der Waals surface area contributed by atoms with Gasteiger partial charge in [-0.05, 0) is 73.6 Å². The van der Waals surface area contributed by atoms with Gasteiger partial charge in [-0.3, -0.25) is 4.90 Å². The monoisotopic (exact) mass is 454 g/mol. The second-order valence-corrected chi connectivity index (χ2v) is 9.41. The Morgan fingerprint density at radius 1 is 1.06 bits per heavy atom. The van der Waals surface area contributed by atoms with E-state index in [9.17, 15) is 5.11 Å². The molecular weight excluding hydrogens is 416 g/mol. The highest BCUT2D eigenvalue weighted by atomic mass is 16.2. The predicted molar refractivity (Wildman–Crippen MR) is 143 cm³/mol. The molecule has 0 spiro atoms. The van der Waals surface area contributed by atoms with Crippen molar-refractivity contribution in [3.63, 3.8) is 0 Å². The van der Waals surface area contributed by atoms with Gasteiger partial charge in [0.1, 0.15) is 0 Å². The fourth-order valence-electron chi connectivity index (χ4n) is 5.12. The summed E-state index contributed by atoms with van der Waals surface area (Å²) in [7, 11) is 0. The number of aliphatic hydroxyl groups is 1. The van der Waals surface area contributed by atoms with E-state index in [0.717, 1.165) is 50.9 Å². The Hall–Kier alpha value is -2.64. The number of benzene rings is 1. The quantitative estimate of drug-likeness (QED) is 0.517. The topological polar surface area (TPSA) is 26.7 Å². The molecule has 1 unspecified atom stereocenters. The summed E-state index contributed by atoms with van der Waals surface area (Å²) in [6, 6.07) is 9.41. The minimum atomic E-state index is 0.182. The lowest BCUT2D eigenvalue weighted by atomic mass is 9.86. The van der Waals surface area contributed by atoms with Crippen LogP contribution in [0, 0.1) is 6.92 Å². The first-order valence-electron chi connectivity index (χ1n) is 12.8. The fourth-order valence-corrected chi connectivity index (χ4v) is 5.12. The molecule has 1 atom stereocenters. The average Bonchev–Trinajstić information content (AvgIpc) is 3.14. The van der Waals surface area contributed by atoms with E-state index < -0.39 is 0 Å². The molecule has 1 N–H and O–H groups in total. The largest absolute Gasteiger partial charge is 0.396 e. The standard InChI is InChI=1S/C31H38N2O/c1-3-32-20-22-33(23-21-32)29-12-7-11-27(18-19-29)31(28-16-14-25(2)15-17-28)30(13-8-24-34)26-9-5-4-6-10-26/h4-5,7,9,11,14-18,29,34H,3,8,12-13,19-24H2,1-2H3/b31-30+. The van der Waals surface area contributed by atoms with Crippen molar-refractivity contribution in [2.24, 2.45) is 0 Å². The van der Waals surface area contributed by atoms with Gasteiger partial charge in [-0.15, -0.1) is 0 Å². The zero-order valence-electron chi connectivity index (χ0n) is 20.8. The molecule has 0 saturated carbocycles. The lowest BCUT2D eigenvalue weighted by Gasteiger charge is -2.38. The first kappa shape index (κ1) is 24.5. The van der Waals surface area contributed by atoms with Crippen LogP contribution < -0.4 is 0 Å². The Morgan fingerprint density at radius 2 is 1.85 bits per heavy atom. The molecule has 3 aliphatic rings. The average molecular weight is 455 g/mol. The van der Waals surface area contributed by atoms with Crippen LogP contribution in [0.5, 0.6) is 0 Å². The van der Waals surface area contributed by atoms with Crippen molar-refractivity contribution >= 4 is 5.57 Å². The zero-order chi connectivity index (χ0) is 23.8. The van der Waals surface area contributed by atoms with Crippen LogP contribution in [0.4, 0.5) is 0 Å². The summed E-state index contributed by atoms with van der Waals surface area (Å²) in [4.78, 5) is 5.22. The number of aryl methyl sites for hydroxylation is 1. The highest BCUT2D eigenvalue weighted by Gasteiger charge is 2.24. The maximum Gasteiger partial charge on any atom is 0.0434 e. The summed E-state index contributed by atoms with van der Waals surface area (Å²) in [5.41, 5.74) is 13.8. The first-order valence-corrected chi connectivity index (χ1v) is 12.8. The Morgan fingerprint density at radius 3 is 2.53 bits per heavy atom.